The second-order valence-electron chi connectivity index (χ2n) is 3.51. The van der Waals surface area contributed by atoms with Crippen LogP contribution in [0.2, 0.25) is 0 Å². The Bertz CT molecular complexity index is 452. The number of thiocarbonyl (C=S) groups is 1. The van der Waals surface area contributed by atoms with E-state index < -0.39 is 0 Å². The van der Waals surface area contributed by atoms with Crippen molar-refractivity contribution in [2.45, 2.75) is 13.3 Å². The zero-order valence-electron chi connectivity index (χ0n) is 10.0. The normalized spacial score (nSPS) is 9.89. The fourth-order valence-electron chi connectivity index (χ4n) is 1.45. The van der Waals surface area contributed by atoms with Crippen LogP contribution in [-0.2, 0) is 9.53 Å². The first kappa shape index (κ1) is 14.9. The molecule has 0 bridgehead atoms. The first-order chi connectivity index (χ1) is 8.56. The third-order valence-electron chi connectivity index (χ3n) is 2.21. The number of halogens is 1. The average molecular weight is 331 g/mol. The molecule has 0 radical (unpaired) electrons. The van der Waals surface area contributed by atoms with Crippen LogP contribution in [0, 0.1) is 0 Å². The molecule has 1 rings (SSSR count). The molecule has 0 aromatic heterocycles. The van der Waals surface area contributed by atoms with Gasteiger partial charge in [0.15, 0.2) is 0 Å². The number of hydrogen-bond acceptors (Lipinski definition) is 4. The number of hydrogen-bond donors (Lipinski definition) is 2. The van der Waals surface area contributed by atoms with Crippen LogP contribution in [0.4, 0.5) is 5.69 Å². The Morgan fingerprint density at radius 3 is 2.89 bits per heavy atom. The molecule has 0 aliphatic rings. The van der Waals surface area contributed by atoms with Gasteiger partial charge in [-0.2, -0.15) is 0 Å². The molecule has 0 saturated heterocycles. The predicted octanol–water partition coefficient (Wildman–Crippen LogP) is 2.45. The fourth-order valence-corrected chi connectivity index (χ4v) is 2.39. The number of esters is 1. The van der Waals surface area contributed by atoms with Gasteiger partial charge in [0.05, 0.1) is 13.0 Å². The number of anilines is 1. The molecule has 0 saturated carbocycles. The van der Waals surface area contributed by atoms with E-state index in [0.29, 0.717) is 24.6 Å². The van der Waals surface area contributed by atoms with Gasteiger partial charge < -0.3 is 15.8 Å². The van der Waals surface area contributed by atoms with E-state index in [1.54, 1.807) is 6.92 Å². The standard InChI is InChI=1S/C12H15BrN2O2S/c1-2-17-10(16)6-7-15-9-5-3-4-8(13)11(9)12(14)18/h3-5,15H,2,6-7H2,1H3,(H2,14,18). The van der Waals surface area contributed by atoms with Gasteiger partial charge in [0, 0.05) is 22.3 Å². The maximum absolute atomic E-state index is 11.2. The van der Waals surface area contributed by atoms with E-state index >= 15 is 0 Å². The number of nitrogens with one attached hydrogen (secondary N) is 1. The molecular weight excluding hydrogens is 316 g/mol. The second kappa shape index (κ2) is 7.33. The quantitative estimate of drug-likeness (QED) is 0.619. The molecule has 6 heteroatoms. The summed E-state index contributed by atoms with van der Waals surface area (Å²) in [5.41, 5.74) is 7.22. The van der Waals surface area contributed by atoms with Crippen LogP contribution in [0.5, 0.6) is 0 Å². The smallest absolute Gasteiger partial charge is 0.307 e. The van der Waals surface area contributed by atoms with E-state index in [-0.39, 0.29) is 5.97 Å². The molecule has 3 N–H and O–H groups in total. The van der Waals surface area contributed by atoms with Crippen molar-refractivity contribution in [2.75, 3.05) is 18.5 Å². The lowest BCUT2D eigenvalue weighted by atomic mass is 10.1. The molecule has 18 heavy (non-hydrogen) atoms. The molecule has 4 nitrogen and oxygen atoms in total. The minimum Gasteiger partial charge on any atom is -0.466 e. The van der Waals surface area contributed by atoms with Crippen LogP contribution in [0.1, 0.15) is 18.9 Å². The van der Waals surface area contributed by atoms with E-state index in [1.165, 1.54) is 0 Å². The molecule has 0 aliphatic carbocycles. The highest BCUT2D eigenvalue weighted by Gasteiger charge is 2.09. The molecule has 0 atom stereocenters. The average Bonchev–Trinajstić information content (AvgIpc) is 2.28. The van der Waals surface area contributed by atoms with E-state index in [2.05, 4.69) is 21.2 Å². The zero-order valence-corrected chi connectivity index (χ0v) is 12.4. The van der Waals surface area contributed by atoms with E-state index in [1.807, 2.05) is 18.2 Å². The van der Waals surface area contributed by atoms with Gasteiger partial charge in [-0.3, -0.25) is 4.79 Å². The highest BCUT2D eigenvalue weighted by Crippen LogP contribution is 2.24. The molecule has 1 aromatic rings. The van der Waals surface area contributed by atoms with Gasteiger partial charge >= 0.3 is 5.97 Å². The molecule has 0 amide bonds. The van der Waals surface area contributed by atoms with E-state index in [0.717, 1.165) is 15.7 Å². The minimum absolute atomic E-state index is 0.225. The number of nitrogens with two attached hydrogens (primary N) is 1. The van der Waals surface area contributed by atoms with Crippen molar-refractivity contribution in [3.8, 4) is 0 Å². The van der Waals surface area contributed by atoms with Gasteiger partial charge in [-0.05, 0) is 35.0 Å². The molecular formula is C12H15BrN2O2S. The Morgan fingerprint density at radius 1 is 1.56 bits per heavy atom. The third-order valence-corrected chi connectivity index (χ3v) is 3.07. The molecule has 98 valence electrons. The minimum atomic E-state index is -0.225. The summed E-state index contributed by atoms with van der Waals surface area (Å²) in [5.74, 6) is -0.225. The predicted molar refractivity (Wildman–Crippen MR) is 79.8 cm³/mol. The van der Waals surface area contributed by atoms with Crippen LogP contribution in [0.25, 0.3) is 0 Å². The Labute approximate surface area is 120 Å². The molecule has 1 aromatic carbocycles. The largest absolute Gasteiger partial charge is 0.466 e. The van der Waals surface area contributed by atoms with Crippen molar-refractivity contribution in [3.05, 3.63) is 28.2 Å². The second-order valence-corrected chi connectivity index (χ2v) is 4.80. The summed E-state index contributed by atoms with van der Waals surface area (Å²) in [7, 11) is 0. The van der Waals surface area contributed by atoms with Crippen molar-refractivity contribution in [1.29, 1.82) is 0 Å². The number of rotatable bonds is 6. The van der Waals surface area contributed by atoms with E-state index in [9.17, 15) is 4.79 Å². The van der Waals surface area contributed by atoms with Gasteiger partial charge in [-0.15, -0.1) is 0 Å². The lowest BCUT2D eigenvalue weighted by Crippen LogP contribution is -2.16. The Hall–Kier alpha value is -1.14. The monoisotopic (exact) mass is 330 g/mol. The van der Waals surface area contributed by atoms with Gasteiger partial charge in [0.25, 0.3) is 0 Å². The van der Waals surface area contributed by atoms with Crippen molar-refractivity contribution < 1.29 is 9.53 Å². The number of ether oxygens (including phenoxy) is 1. The van der Waals surface area contributed by atoms with Gasteiger partial charge in [-0.25, -0.2) is 0 Å². The van der Waals surface area contributed by atoms with Gasteiger partial charge in [-0.1, -0.05) is 18.3 Å². The molecule has 0 heterocycles. The maximum atomic E-state index is 11.2. The molecule has 0 aliphatic heterocycles. The highest BCUT2D eigenvalue weighted by atomic mass is 79.9. The van der Waals surface area contributed by atoms with Gasteiger partial charge in [0.2, 0.25) is 0 Å². The summed E-state index contributed by atoms with van der Waals surface area (Å²) < 4.78 is 5.67. The molecule has 0 fully saturated rings. The molecule has 0 spiro atoms. The van der Waals surface area contributed by atoms with Crippen molar-refractivity contribution in [3.63, 3.8) is 0 Å². The summed E-state index contributed by atoms with van der Waals surface area (Å²) in [6.07, 6.45) is 0.303. The summed E-state index contributed by atoms with van der Waals surface area (Å²) in [6, 6.07) is 5.61. The van der Waals surface area contributed by atoms with Crippen LogP contribution in [-0.4, -0.2) is 24.1 Å². The summed E-state index contributed by atoms with van der Waals surface area (Å²) in [4.78, 5) is 11.5. The lowest BCUT2D eigenvalue weighted by molar-refractivity contribution is -0.142. The summed E-state index contributed by atoms with van der Waals surface area (Å²) in [5, 5.41) is 3.13. The topological polar surface area (TPSA) is 64.3 Å². The van der Waals surface area contributed by atoms with E-state index in [4.69, 9.17) is 22.7 Å². The first-order valence-corrected chi connectivity index (χ1v) is 6.74. The number of carbonyl (C=O) groups is 1. The molecule has 0 unspecified atom stereocenters. The Balaban J connectivity index is 2.65. The number of benzene rings is 1. The van der Waals surface area contributed by atoms with Crippen LogP contribution >= 0.6 is 28.1 Å². The number of carbonyl (C=O) groups excluding carboxylic acids is 1. The SMILES string of the molecule is CCOC(=O)CCNc1cccc(Br)c1C(N)=S. The van der Waals surface area contributed by atoms with Crippen molar-refractivity contribution >= 4 is 44.8 Å². The van der Waals surface area contributed by atoms with Crippen molar-refractivity contribution in [2.24, 2.45) is 5.73 Å². The van der Waals surface area contributed by atoms with Gasteiger partial charge in [0.1, 0.15) is 4.99 Å². The van der Waals surface area contributed by atoms with Crippen LogP contribution in [0.15, 0.2) is 22.7 Å². The highest BCUT2D eigenvalue weighted by molar-refractivity contribution is 9.10. The maximum Gasteiger partial charge on any atom is 0.307 e. The van der Waals surface area contributed by atoms with Crippen LogP contribution in [0.3, 0.4) is 0 Å². The van der Waals surface area contributed by atoms with Crippen molar-refractivity contribution in [1.82, 2.24) is 0 Å². The fraction of sp³-hybridized carbons (Fsp3) is 0.333. The Morgan fingerprint density at radius 2 is 2.28 bits per heavy atom. The zero-order chi connectivity index (χ0) is 13.5. The third kappa shape index (κ3) is 4.27. The Kier molecular flexibility index (Phi) is 6.07. The first-order valence-electron chi connectivity index (χ1n) is 5.54. The summed E-state index contributed by atoms with van der Waals surface area (Å²) in [6.45, 7) is 2.66. The van der Waals surface area contributed by atoms with Crippen LogP contribution < -0.4 is 11.1 Å². The lowest BCUT2D eigenvalue weighted by Gasteiger charge is -2.12. The summed E-state index contributed by atoms with van der Waals surface area (Å²) >= 11 is 8.39.